The molecule has 33 heavy (non-hydrogen) atoms. The number of rotatable bonds is 20. The molecule has 1 fully saturated rings. The molecule has 0 aromatic rings. The summed E-state index contributed by atoms with van der Waals surface area (Å²) < 4.78 is 0. The topological polar surface area (TPSA) is 98.1 Å². The summed E-state index contributed by atoms with van der Waals surface area (Å²) in [6, 6.07) is 0.625. The summed E-state index contributed by atoms with van der Waals surface area (Å²) in [5.41, 5.74) is -1.67. The molecular weight excluding hydrogens is 418 g/mol. The molecule has 0 spiro atoms. The van der Waals surface area contributed by atoms with Gasteiger partial charge in [-0.1, -0.05) is 71.1 Å². The Bertz CT molecular complexity index is 517. The number of nitrogens with zero attached hydrogens (tertiary/aromatic N) is 1. The van der Waals surface area contributed by atoms with Crippen LogP contribution < -0.4 is 0 Å². The second-order valence-electron chi connectivity index (χ2n) is 10.5. The quantitative estimate of drug-likeness (QED) is 0.147. The van der Waals surface area contributed by atoms with Crippen molar-refractivity contribution in [3.05, 3.63) is 0 Å². The van der Waals surface area contributed by atoms with Gasteiger partial charge in [-0.25, -0.2) is 0 Å². The average Bonchev–Trinajstić information content (AvgIpc) is 2.81. The second-order valence-corrected chi connectivity index (χ2v) is 10.5. The molecular formula is C27H51NO5. The summed E-state index contributed by atoms with van der Waals surface area (Å²) in [7, 11) is 0. The van der Waals surface area contributed by atoms with Gasteiger partial charge >= 0.3 is 11.9 Å². The highest BCUT2D eigenvalue weighted by molar-refractivity contribution is 5.97. The first-order chi connectivity index (χ1) is 15.8. The van der Waals surface area contributed by atoms with Crippen molar-refractivity contribution in [1.82, 2.24) is 4.90 Å². The van der Waals surface area contributed by atoms with Crippen molar-refractivity contribution in [3.63, 3.8) is 0 Å². The predicted molar refractivity (Wildman–Crippen MR) is 133 cm³/mol. The SMILES string of the molecule is CCCCCCCCCCN(CCCCCCC(C)(C(=O)O)C(=O)O)C1CCC(CO)CC1. The maximum Gasteiger partial charge on any atom is 0.320 e. The molecule has 1 aliphatic rings. The lowest BCUT2D eigenvalue weighted by Crippen LogP contribution is -2.39. The van der Waals surface area contributed by atoms with Crippen LogP contribution in [0, 0.1) is 11.3 Å². The smallest absolute Gasteiger partial charge is 0.320 e. The van der Waals surface area contributed by atoms with E-state index in [-0.39, 0.29) is 6.42 Å². The molecule has 1 rings (SSSR count). The second kappa shape index (κ2) is 17.3. The van der Waals surface area contributed by atoms with E-state index in [0.29, 0.717) is 25.0 Å². The van der Waals surface area contributed by atoms with Gasteiger partial charge in [-0.15, -0.1) is 0 Å². The molecule has 3 N–H and O–H groups in total. The first-order valence-corrected chi connectivity index (χ1v) is 13.7. The normalized spacial score (nSPS) is 19.2. The van der Waals surface area contributed by atoms with Crippen LogP contribution in [0.5, 0.6) is 0 Å². The van der Waals surface area contributed by atoms with Crippen molar-refractivity contribution in [2.75, 3.05) is 19.7 Å². The highest BCUT2D eigenvalue weighted by Crippen LogP contribution is 2.29. The molecule has 0 radical (unpaired) electrons. The Morgan fingerprint density at radius 1 is 0.758 bits per heavy atom. The zero-order chi connectivity index (χ0) is 24.5. The van der Waals surface area contributed by atoms with Crippen molar-refractivity contribution in [3.8, 4) is 0 Å². The number of carbonyl (C=O) groups is 2. The largest absolute Gasteiger partial charge is 0.480 e. The number of unbranched alkanes of at least 4 members (excludes halogenated alkanes) is 10. The van der Waals surface area contributed by atoms with Crippen molar-refractivity contribution < 1.29 is 24.9 Å². The van der Waals surface area contributed by atoms with E-state index < -0.39 is 17.4 Å². The molecule has 0 aromatic heterocycles. The third kappa shape index (κ3) is 11.7. The number of hydrogen-bond donors (Lipinski definition) is 3. The fraction of sp³-hybridized carbons (Fsp3) is 0.926. The minimum atomic E-state index is -1.67. The van der Waals surface area contributed by atoms with E-state index in [0.717, 1.165) is 45.2 Å². The predicted octanol–water partition coefficient (Wildman–Crippen LogP) is 6.11. The number of aliphatic carboxylic acids is 2. The van der Waals surface area contributed by atoms with Gasteiger partial charge in [-0.05, 0) is 70.9 Å². The number of aliphatic hydroxyl groups excluding tert-OH is 1. The molecule has 0 amide bonds. The monoisotopic (exact) mass is 469 g/mol. The van der Waals surface area contributed by atoms with E-state index in [4.69, 9.17) is 0 Å². The Labute approximate surface area is 202 Å². The fourth-order valence-corrected chi connectivity index (χ4v) is 5.07. The van der Waals surface area contributed by atoms with E-state index in [2.05, 4.69) is 11.8 Å². The third-order valence-corrected chi connectivity index (χ3v) is 7.71. The van der Waals surface area contributed by atoms with Crippen LogP contribution in [0.1, 0.15) is 123 Å². The molecule has 194 valence electrons. The molecule has 0 unspecified atom stereocenters. The highest BCUT2D eigenvalue weighted by Gasteiger charge is 2.40. The van der Waals surface area contributed by atoms with Crippen LogP contribution in [0.25, 0.3) is 0 Å². The first-order valence-electron chi connectivity index (χ1n) is 13.7. The molecule has 6 heteroatoms. The Morgan fingerprint density at radius 2 is 1.21 bits per heavy atom. The zero-order valence-corrected chi connectivity index (χ0v) is 21.4. The van der Waals surface area contributed by atoms with Gasteiger partial charge in [0.15, 0.2) is 5.41 Å². The molecule has 1 saturated carbocycles. The lowest BCUT2D eigenvalue weighted by molar-refractivity contribution is -0.163. The van der Waals surface area contributed by atoms with Gasteiger partial charge in [0.1, 0.15) is 0 Å². The Hall–Kier alpha value is -1.14. The minimum Gasteiger partial charge on any atom is -0.480 e. The van der Waals surface area contributed by atoms with Crippen molar-refractivity contribution in [1.29, 1.82) is 0 Å². The van der Waals surface area contributed by atoms with E-state index >= 15 is 0 Å². The summed E-state index contributed by atoms with van der Waals surface area (Å²) >= 11 is 0. The van der Waals surface area contributed by atoms with E-state index in [1.54, 1.807) is 0 Å². The summed E-state index contributed by atoms with van der Waals surface area (Å²) in [4.78, 5) is 25.3. The van der Waals surface area contributed by atoms with Crippen LogP contribution >= 0.6 is 0 Å². The van der Waals surface area contributed by atoms with Crippen LogP contribution in [0.4, 0.5) is 0 Å². The van der Waals surface area contributed by atoms with Crippen molar-refractivity contribution >= 4 is 11.9 Å². The summed E-state index contributed by atoms with van der Waals surface area (Å²) in [5.74, 6) is -2.01. The van der Waals surface area contributed by atoms with E-state index in [1.165, 1.54) is 71.1 Å². The molecule has 0 atom stereocenters. The van der Waals surface area contributed by atoms with Crippen LogP contribution in [-0.2, 0) is 9.59 Å². The van der Waals surface area contributed by atoms with Crippen molar-refractivity contribution in [2.24, 2.45) is 11.3 Å². The lowest BCUT2D eigenvalue weighted by Gasteiger charge is -2.37. The van der Waals surface area contributed by atoms with Crippen LogP contribution in [0.3, 0.4) is 0 Å². The van der Waals surface area contributed by atoms with Gasteiger partial charge in [0.25, 0.3) is 0 Å². The lowest BCUT2D eigenvalue weighted by atomic mass is 9.84. The van der Waals surface area contributed by atoms with Crippen LogP contribution in [-0.4, -0.2) is 57.9 Å². The Morgan fingerprint density at radius 3 is 1.67 bits per heavy atom. The van der Waals surface area contributed by atoms with Crippen LogP contribution in [0.2, 0.25) is 0 Å². The Balaban J connectivity index is 2.35. The number of carboxylic acid groups (broad SMARTS) is 2. The van der Waals surface area contributed by atoms with Gasteiger partial charge in [0.05, 0.1) is 0 Å². The summed E-state index contributed by atoms with van der Waals surface area (Å²) in [6.45, 7) is 6.10. The van der Waals surface area contributed by atoms with Gasteiger partial charge in [0.2, 0.25) is 0 Å². The molecule has 0 aliphatic heterocycles. The summed E-state index contributed by atoms with van der Waals surface area (Å²) in [5, 5.41) is 27.9. The molecule has 1 aliphatic carbocycles. The first kappa shape index (κ1) is 29.9. The molecule has 0 saturated heterocycles. The van der Waals surface area contributed by atoms with E-state index in [9.17, 15) is 24.9 Å². The van der Waals surface area contributed by atoms with Crippen LogP contribution in [0.15, 0.2) is 0 Å². The maximum atomic E-state index is 11.3. The molecule has 0 bridgehead atoms. The van der Waals surface area contributed by atoms with Gasteiger partial charge in [-0.3, -0.25) is 9.59 Å². The number of aliphatic hydroxyl groups is 1. The third-order valence-electron chi connectivity index (χ3n) is 7.71. The Kier molecular flexibility index (Phi) is 15.7. The summed E-state index contributed by atoms with van der Waals surface area (Å²) in [6.07, 6.45) is 19.0. The van der Waals surface area contributed by atoms with Gasteiger partial charge in [-0.2, -0.15) is 0 Å². The average molecular weight is 470 g/mol. The van der Waals surface area contributed by atoms with Gasteiger partial charge < -0.3 is 20.2 Å². The van der Waals surface area contributed by atoms with E-state index in [1.807, 2.05) is 0 Å². The number of hydrogen-bond acceptors (Lipinski definition) is 4. The van der Waals surface area contributed by atoms with Gasteiger partial charge in [0, 0.05) is 12.6 Å². The fourth-order valence-electron chi connectivity index (χ4n) is 5.07. The minimum absolute atomic E-state index is 0.185. The molecule has 6 nitrogen and oxygen atoms in total. The van der Waals surface area contributed by atoms with Crippen molar-refractivity contribution in [2.45, 2.75) is 129 Å². The standard InChI is InChI=1S/C27H51NO5/c1-3-4-5-6-7-8-10-13-20-28(24-17-15-23(22-29)16-18-24)21-14-11-9-12-19-27(2,25(30)31)26(32)33/h23-24,29H,3-22H2,1-2H3,(H,30,31)(H,32,33). The highest BCUT2D eigenvalue weighted by atomic mass is 16.4. The molecule has 0 heterocycles. The maximum absolute atomic E-state index is 11.3. The molecule has 0 aromatic carbocycles. The number of carboxylic acids is 2. The zero-order valence-electron chi connectivity index (χ0n) is 21.4.